The predicted molar refractivity (Wildman–Crippen MR) is 121 cm³/mol. The summed E-state index contributed by atoms with van der Waals surface area (Å²) < 4.78 is 1.40. The molecule has 0 aliphatic rings. The minimum absolute atomic E-state index is 0.0715. The van der Waals surface area contributed by atoms with Gasteiger partial charge in [-0.25, -0.2) is 4.98 Å². The Balaban J connectivity index is 1.42. The highest BCUT2D eigenvalue weighted by Crippen LogP contribution is 2.19. The van der Waals surface area contributed by atoms with Crippen LogP contribution in [-0.2, 0) is 17.8 Å². The molecule has 0 saturated heterocycles. The second-order valence-electron chi connectivity index (χ2n) is 7.39. The minimum atomic E-state index is -0.915. The molecule has 1 heterocycles. The quantitative estimate of drug-likeness (QED) is 0.484. The highest BCUT2D eigenvalue weighted by Gasteiger charge is 2.12. The maximum absolute atomic E-state index is 12.7. The third-order valence-corrected chi connectivity index (χ3v) is 5.14. The smallest absolute Gasteiger partial charge is 0.261 e. The molecular formula is C25H23N3O3. The van der Waals surface area contributed by atoms with Crippen LogP contribution in [0.3, 0.4) is 0 Å². The molecule has 156 valence electrons. The van der Waals surface area contributed by atoms with Gasteiger partial charge >= 0.3 is 0 Å². The van der Waals surface area contributed by atoms with E-state index in [0.717, 1.165) is 5.56 Å². The van der Waals surface area contributed by atoms with Crippen LogP contribution in [0.1, 0.15) is 23.7 Å². The number of aliphatic hydroxyl groups is 1. The number of anilines is 1. The number of nitrogens with one attached hydrogen (secondary N) is 1. The predicted octanol–water partition coefficient (Wildman–Crippen LogP) is 3.70. The van der Waals surface area contributed by atoms with Gasteiger partial charge in [-0.05, 0) is 41.8 Å². The molecule has 1 amide bonds. The first-order valence-electron chi connectivity index (χ1n) is 10.2. The van der Waals surface area contributed by atoms with E-state index in [2.05, 4.69) is 10.3 Å². The lowest BCUT2D eigenvalue weighted by Crippen LogP contribution is -2.23. The van der Waals surface area contributed by atoms with Crippen LogP contribution in [0.2, 0.25) is 0 Å². The molecule has 0 bridgehead atoms. The molecule has 31 heavy (non-hydrogen) atoms. The fourth-order valence-corrected chi connectivity index (χ4v) is 3.48. The Hall–Kier alpha value is -3.77. The summed E-state index contributed by atoms with van der Waals surface area (Å²) in [5.41, 5.74) is 2.75. The first kappa shape index (κ1) is 20.5. The second kappa shape index (κ2) is 9.36. The Morgan fingerprint density at radius 3 is 2.61 bits per heavy atom. The number of aliphatic hydroxyl groups excluding tert-OH is 1. The maximum Gasteiger partial charge on any atom is 0.261 e. The van der Waals surface area contributed by atoms with E-state index in [1.165, 1.54) is 10.9 Å². The third-order valence-electron chi connectivity index (χ3n) is 5.14. The number of nitrogens with zero attached hydrogens (tertiary/aromatic N) is 2. The Labute approximate surface area is 179 Å². The van der Waals surface area contributed by atoms with Crippen LogP contribution in [0.4, 0.5) is 5.69 Å². The van der Waals surface area contributed by atoms with Crippen LogP contribution >= 0.6 is 0 Å². The molecule has 0 saturated carbocycles. The molecule has 0 radical (unpaired) electrons. The monoisotopic (exact) mass is 413 g/mol. The van der Waals surface area contributed by atoms with E-state index < -0.39 is 6.10 Å². The number of carbonyl (C=O) groups is 1. The molecule has 3 aromatic carbocycles. The van der Waals surface area contributed by atoms with Crippen molar-refractivity contribution < 1.29 is 9.90 Å². The van der Waals surface area contributed by atoms with Gasteiger partial charge in [0.1, 0.15) is 0 Å². The van der Waals surface area contributed by atoms with Gasteiger partial charge < -0.3 is 10.4 Å². The van der Waals surface area contributed by atoms with E-state index in [9.17, 15) is 14.7 Å². The van der Waals surface area contributed by atoms with Gasteiger partial charge in [-0.1, -0.05) is 54.6 Å². The number of rotatable bonds is 7. The van der Waals surface area contributed by atoms with Crippen molar-refractivity contribution in [2.75, 3.05) is 5.32 Å². The summed E-state index contributed by atoms with van der Waals surface area (Å²) in [5, 5.41) is 14.1. The Morgan fingerprint density at radius 1 is 1.00 bits per heavy atom. The minimum Gasteiger partial charge on any atom is -0.387 e. The van der Waals surface area contributed by atoms with Crippen molar-refractivity contribution in [1.82, 2.24) is 9.55 Å². The van der Waals surface area contributed by atoms with Crippen molar-refractivity contribution >= 4 is 22.5 Å². The Morgan fingerprint density at radius 2 is 1.77 bits per heavy atom. The number of aryl methyl sites for hydroxylation is 1. The SMILES string of the molecule is O=C(CCc1ccccc1)Nc1cccc(C(O)Cn2cnc3ccccc3c2=O)c1. The summed E-state index contributed by atoms with van der Waals surface area (Å²) in [6, 6.07) is 24.0. The van der Waals surface area contributed by atoms with E-state index >= 15 is 0 Å². The number of carbonyl (C=O) groups excluding carboxylic acids is 1. The maximum atomic E-state index is 12.7. The van der Waals surface area contributed by atoms with Crippen molar-refractivity contribution in [1.29, 1.82) is 0 Å². The second-order valence-corrected chi connectivity index (χ2v) is 7.39. The topological polar surface area (TPSA) is 84.2 Å². The molecular weight excluding hydrogens is 390 g/mol. The molecule has 4 rings (SSSR count). The fraction of sp³-hybridized carbons (Fsp3) is 0.160. The first-order chi connectivity index (χ1) is 15.1. The lowest BCUT2D eigenvalue weighted by atomic mass is 10.1. The number of para-hydroxylation sites is 1. The molecule has 1 aromatic heterocycles. The lowest BCUT2D eigenvalue weighted by molar-refractivity contribution is -0.116. The van der Waals surface area contributed by atoms with Gasteiger partial charge in [0.05, 0.1) is 29.9 Å². The summed E-state index contributed by atoms with van der Waals surface area (Å²) in [5.74, 6) is -0.0922. The van der Waals surface area contributed by atoms with Crippen molar-refractivity contribution in [2.45, 2.75) is 25.5 Å². The van der Waals surface area contributed by atoms with Gasteiger partial charge in [0.25, 0.3) is 5.56 Å². The molecule has 1 unspecified atom stereocenters. The van der Waals surface area contributed by atoms with E-state index in [-0.39, 0.29) is 18.0 Å². The van der Waals surface area contributed by atoms with Gasteiger partial charge in [-0.2, -0.15) is 0 Å². The number of hydrogen-bond donors (Lipinski definition) is 2. The van der Waals surface area contributed by atoms with Crippen molar-refractivity contribution in [3.05, 3.63) is 107 Å². The highest BCUT2D eigenvalue weighted by molar-refractivity contribution is 5.90. The highest BCUT2D eigenvalue weighted by atomic mass is 16.3. The Bertz CT molecular complexity index is 1250. The van der Waals surface area contributed by atoms with Crippen LogP contribution in [0.15, 0.2) is 90.0 Å². The van der Waals surface area contributed by atoms with Crippen molar-refractivity contribution in [3.8, 4) is 0 Å². The van der Waals surface area contributed by atoms with Crippen molar-refractivity contribution in [3.63, 3.8) is 0 Å². The van der Waals surface area contributed by atoms with E-state index in [1.807, 2.05) is 36.4 Å². The molecule has 1 atom stereocenters. The Kier molecular flexibility index (Phi) is 6.19. The average molecular weight is 413 g/mol. The van der Waals surface area contributed by atoms with E-state index in [4.69, 9.17) is 0 Å². The lowest BCUT2D eigenvalue weighted by Gasteiger charge is -2.15. The normalized spacial score (nSPS) is 11.9. The number of benzene rings is 3. The molecule has 0 aliphatic carbocycles. The number of fused-ring (bicyclic) bond motifs is 1. The van der Waals surface area contributed by atoms with Gasteiger partial charge in [-0.15, -0.1) is 0 Å². The van der Waals surface area contributed by atoms with Crippen LogP contribution < -0.4 is 10.9 Å². The standard InChI is InChI=1S/C25H23N3O3/c29-23(16-28-17-26-22-12-5-4-11-21(22)25(28)31)19-9-6-10-20(15-19)27-24(30)14-13-18-7-2-1-3-8-18/h1-12,15,17,23,29H,13-14,16H2,(H,27,30). The molecule has 4 aromatic rings. The molecule has 6 heteroatoms. The van der Waals surface area contributed by atoms with Crippen LogP contribution in [0.25, 0.3) is 10.9 Å². The number of hydrogen-bond acceptors (Lipinski definition) is 4. The number of amides is 1. The summed E-state index contributed by atoms with van der Waals surface area (Å²) in [6.07, 6.45) is 1.56. The van der Waals surface area contributed by atoms with E-state index in [0.29, 0.717) is 35.0 Å². The fourth-order valence-electron chi connectivity index (χ4n) is 3.48. The van der Waals surface area contributed by atoms with Crippen LogP contribution in [0.5, 0.6) is 0 Å². The zero-order valence-corrected chi connectivity index (χ0v) is 16.9. The van der Waals surface area contributed by atoms with Crippen molar-refractivity contribution in [2.24, 2.45) is 0 Å². The van der Waals surface area contributed by atoms with Crippen LogP contribution in [0, 0.1) is 0 Å². The van der Waals surface area contributed by atoms with Gasteiger partial charge in [0.15, 0.2) is 0 Å². The average Bonchev–Trinajstić information content (AvgIpc) is 2.80. The first-order valence-corrected chi connectivity index (χ1v) is 10.2. The zero-order chi connectivity index (χ0) is 21.6. The molecule has 0 spiro atoms. The summed E-state index contributed by atoms with van der Waals surface area (Å²) >= 11 is 0. The summed E-state index contributed by atoms with van der Waals surface area (Å²) in [6.45, 7) is 0.0715. The molecule has 0 fully saturated rings. The van der Waals surface area contributed by atoms with Crippen LogP contribution in [-0.4, -0.2) is 20.6 Å². The number of aromatic nitrogens is 2. The summed E-state index contributed by atoms with van der Waals surface area (Å²) in [4.78, 5) is 29.2. The third kappa shape index (κ3) is 5.05. The van der Waals surface area contributed by atoms with Gasteiger partial charge in [-0.3, -0.25) is 14.2 Å². The van der Waals surface area contributed by atoms with E-state index in [1.54, 1.807) is 42.5 Å². The zero-order valence-electron chi connectivity index (χ0n) is 16.9. The van der Waals surface area contributed by atoms with Gasteiger partial charge in [0, 0.05) is 12.1 Å². The van der Waals surface area contributed by atoms with Gasteiger partial charge in [0.2, 0.25) is 5.91 Å². The molecule has 0 aliphatic heterocycles. The largest absolute Gasteiger partial charge is 0.387 e. The summed E-state index contributed by atoms with van der Waals surface area (Å²) in [7, 11) is 0. The molecule has 6 nitrogen and oxygen atoms in total. The molecule has 2 N–H and O–H groups in total.